The number of aryl methyl sites for hydroxylation is 1. The van der Waals surface area contributed by atoms with Crippen molar-refractivity contribution >= 4 is 40.1 Å². The molecule has 166 valence electrons. The number of carbonyl (C=O) groups excluding carboxylic acids is 1. The van der Waals surface area contributed by atoms with E-state index in [1.165, 1.54) is 0 Å². The number of imidazole rings is 1. The Balaban J connectivity index is 2.01. The number of ether oxygens (including phenoxy) is 1. The van der Waals surface area contributed by atoms with Gasteiger partial charge in [-0.3, -0.25) is 4.79 Å². The Morgan fingerprint density at radius 2 is 1.87 bits per heavy atom. The Labute approximate surface area is 193 Å². The minimum absolute atomic E-state index is 0.117. The molecular weight excluding hydrogens is 433 g/mol. The number of nitrogens with zero attached hydrogens (tertiary/aromatic N) is 3. The van der Waals surface area contributed by atoms with E-state index >= 15 is 0 Å². The lowest BCUT2D eigenvalue weighted by Gasteiger charge is -2.25. The van der Waals surface area contributed by atoms with Crippen LogP contribution < -0.4 is 4.74 Å². The fourth-order valence-electron chi connectivity index (χ4n) is 3.59. The van der Waals surface area contributed by atoms with Crippen molar-refractivity contribution in [2.45, 2.75) is 46.7 Å². The molecule has 0 saturated heterocycles. The van der Waals surface area contributed by atoms with Crippen molar-refractivity contribution in [1.29, 1.82) is 0 Å². The van der Waals surface area contributed by atoms with E-state index in [4.69, 9.17) is 32.9 Å². The van der Waals surface area contributed by atoms with Gasteiger partial charge in [0.05, 0.1) is 30.3 Å². The van der Waals surface area contributed by atoms with E-state index in [1.807, 2.05) is 23.1 Å². The van der Waals surface area contributed by atoms with Crippen molar-refractivity contribution in [3.05, 3.63) is 57.8 Å². The molecule has 1 aromatic heterocycles. The summed E-state index contributed by atoms with van der Waals surface area (Å²) in [5.41, 5.74) is 2.32. The Kier molecular flexibility index (Phi) is 7.84. The summed E-state index contributed by atoms with van der Waals surface area (Å²) in [5.74, 6) is 1.70. The van der Waals surface area contributed by atoms with Crippen molar-refractivity contribution in [2.75, 3.05) is 13.7 Å². The van der Waals surface area contributed by atoms with Crippen LogP contribution in [0.25, 0.3) is 11.0 Å². The fourth-order valence-corrected chi connectivity index (χ4v) is 3.93. The number of methoxy groups -OCH3 is 1. The molecule has 0 unspecified atom stereocenters. The zero-order valence-corrected chi connectivity index (χ0v) is 20.0. The van der Waals surface area contributed by atoms with E-state index in [0.717, 1.165) is 36.2 Å². The SMILES string of the molecule is CCCn1c(CN(CCC(C)C)C(=O)c2cc(Cl)ccc2OC)nc2ccc(Cl)cc21. The first-order valence-electron chi connectivity index (χ1n) is 10.6. The summed E-state index contributed by atoms with van der Waals surface area (Å²) in [7, 11) is 1.56. The summed E-state index contributed by atoms with van der Waals surface area (Å²) >= 11 is 12.4. The number of hydrogen-bond donors (Lipinski definition) is 0. The molecule has 0 radical (unpaired) electrons. The second-order valence-corrected chi connectivity index (χ2v) is 8.94. The second-order valence-electron chi connectivity index (χ2n) is 8.07. The molecule has 0 N–H and O–H groups in total. The van der Waals surface area contributed by atoms with Gasteiger partial charge in [0.1, 0.15) is 11.6 Å². The molecule has 3 aromatic rings. The topological polar surface area (TPSA) is 47.4 Å². The van der Waals surface area contributed by atoms with Gasteiger partial charge in [0.15, 0.2) is 0 Å². The lowest BCUT2D eigenvalue weighted by molar-refractivity contribution is 0.0726. The van der Waals surface area contributed by atoms with Crippen LogP contribution in [0.3, 0.4) is 0 Å². The third-order valence-corrected chi connectivity index (χ3v) is 5.69. The average molecular weight is 462 g/mol. The average Bonchev–Trinajstić information content (AvgIpc) is 3.07. The first kappa shape index (κ1) is 23.4. The normalized spacial score (nSPS) is 11.3. The summed E-state index contributed by atoms with van der Waals surface area (Å²) in [4.78, 5) is 20.2. The molecule has 3 rings (SSSR count). The van der Waals surface area contributed by atoms with Crippen molar-refractivity contribution in [3.63, 3.8) is 0 Å². The standard InChI is InChI=1S/C24H29Cl2N3O2/c1-5-11-29-21-14-18(26)6-8-20(21)27-23(29)15-28(12-10-16(2)3)24(30)19-13-17(25)7-9-22(19)31-4/h6-9,13-14,16H,5,10-12,15H2,1-4H3. The molecule has 0 aliphatic heterocycles. The highest BCUT2D eigenvalue weighted by molar-refractivity contribution is 6.31. The molecule has 0 fully saturated rings. The Morgan fingerprint density at radius 1 is 1.16 bits per heavy atom. The van der Waals surface area contributed by atoms with Crippen molar-refractivity contribution < 1.29 is 9.53 Å². The number of aromatic nitrogens is 2. The highest BCUT2D eigenvalue weighted by Gasteiger charge is 2.23. The molecule has 0 aliphatic carbocycles. The molecule has 1 heterocycles. The van der Waals surface area contributed by atoms with E-state index < -0.39 is 0 Å². The number of benzene rings is 2. The fraction of sp³-hybridized carbons (Fsp3) is 0.417. The van der Waals surface area contributed by atoms with Gasteiger partial charge < -0.3 is 14.2 Å². The summed E-state index contributed by atoms with van der Waals surface area (Å²) in [6.07, 6.45) is 1.83. The Bertz CT molecular complexity index is 1060. The van der Waals surface area contributed by atoms with Gasteiger partial charge in [0.25, 0.3) is 5.91 Å². The highest BCUT2D eigenvalue weighted by atomic mass is 35.5. The van der Waals surface area contributed by atoms with Gasteiger partial charge in [-0.1, -0.05) is 44.0 Å². The number of hydrogen-bond acceptors (Lipinski definition) is 3. The van der Waals surface area contributed by atoms with Crippen LogP contribution in [0.5, 0.6) is 5.75 Å². The van der Waals surface area contributed by atoms with Crippen LogP contribution in [0.4, 0.5) is 0 Å². The van der Waals surface area contributed by atoms with Crippen LogP contribution in [0.1, 0.15) is 49.8 Å². The lowest BCUT2D eigenvalue weighted by Crippen LogP contribution is -2.33. The maximum absolute atomic E-state index is 13.6. The van der Waals surface area contributed by atoms with E-state index in [9.17, 15) is 4.79 Å². The summed E-state index contributed by atoms with van der Waals surface area (Å²) < 4.78 is 7.59. The van der Waals surface area contributed by atoms with Crippen LogP contribution in [-0.2, 0) is 13.1 Å². The number of halogens is 2. The summed E-state index contributed by atoms with van der Waals surface area (Å²) in [5, 5.41) is 1.17. The zero-order chi connectivity index (χ0) is 22.5. The predicted molar refractivity (Wildman–Crippen MR) is 127 cm³/mol. The van der Waals surface area contributed by atoms with Crippen molar-refractivity contribution in [1.82, 2.24) is 14.5 Å². The van der Waals surface area contributed by atoms with Crippen LogP contribution in [0, 0.1) is 5.92 Å². The van der Waals surface area contributed by atoms with Crippen molar-refractivity contribution in [3.8, 4) is 5.75 Å². The van der Waals surface area contributed by atoms with Gasteiger partial charge in [-0.25, -0.2) is 4.98 Å². The molecule has 0 saturated carbocycles. The third kappa shape index (κ3) is 5.52. The van der Waals surface area contributed by atoms with Crippen LogP contribution in [0.2, 0.25) is 10.0 Å². The van der Waals surface area contributed by atoms with Gasteiger partial charge in [0.2, 0.25) is 0 Å². The Morgan fingerprint density at radius 3 is 2.55 bits per heavy atom. The smallest absolute Gasteiger partial charge is 0.258 e. The van der Waals surface area contributed by atoms with Crippen LogP contribution in [0.15, 0.2) is 36.4 Å². The molecule has 31 heavy (non-hydrogen) atoms. The lowest BCUT2D eigenvalue weighted by atomic mass is 10.1. The Hall–Kier alpha value is -2.24. The minimum atomic E-state index is -0.117. The molecule has 7 heteroatoms. The summed E-state index contributed by atoms with van der Waals surface area (Å²) in [6.45, 7) is 8.24. The van der Waals surface area contributed by atoms with E-state index in [1.54, 1.807) is 25.3 Å². The van der Waals surface area contributed by atoms with Gasteiger partial charge >= 0.3 is 0 Å². The quantitative estimate of drug-likeness (QED) is 0.367. The van der Waals surface area contributed by atoms with E-state index in [2.05, 4.69) is 25.3 Å². The molecule has 0 bridgehead atoms. The molecule has 5 nitrogen and oxygen atoms in total. The van der Waals surface area contributed by atoms with E-state index in [0.29, 0.717) is 40.4 Å². The number of carbonyl (C=O) groups is 1. The maximum Gasteiger partial charge on any atom is 0.258 e. The molecule has 0 atom stereocenters. The molecule has 0 spiro atoms. The molecule has 1 amide bonds. The van der Waals surface area contributed by atoms with Crippen molar-refractivity contribution in [2.24, 2.45) is 5.92 Å². The summed E-state index contributed by atoms with van der Waals surface area (Å²) in [6, 6.07) is 10.8. The number of rotatable bonds is 9. The predicted octanol–water partition coefficient (Wildman–Crippen LogP) is 6.45. The second kappa shape index (κ2) is 10.4. The van der Waals surface area contributed by atoms with Gasteiger partial charge in [-0.05, 0) is 55.2 Å². The first-order valence-corrected chi connectivity index (χ1v) is 11.4. The third-order valence-electron chi connectivity index (χ3n) is 5.22. The number of amides is 1. The molecule has 2 aromatic carbocycles. The first-order chi connectivity index (χ1) is 14.8. The molecular formula is C24H29Cl2N3O2. The van der Waals surface area contributed by atoms with Crippen LogP contribution in [-0.4, -0.2) is 34.0 Å². The zero-order valence-electron chi connectivity index (χ0n) is 18.5. The monoisotopic (exact) mass is 461 g/mol. The van der Waals surface area contributed by atoms with E-state index in [-0.39, 0.29) is 5.91 Å². The van der Waals surface area contributed by atoms with Gasteiger partial charge in [0, 0.05) is 23.1 Å². The largest absolute Gasteiger partial charge is 0.496 e. The number of fused-ring (bicyclic) bond motifs is 1. The minimum Gasteiger partial charge on any atom is -0.496 e. The molecule has 0 aliphatic rings. The maximum atomic E-state index is 13.6. The highest BCUT2D eigenvalue weighted by Crippen LogP contribution is 2.26. The van der Waals surface area contributed by atoms with Gasteiger partial charge in [-0.2, -0.15) is 0 Å². The van der Waals surface area contributed by atoms with Gasteiger partial charge in [-0.15, -0.1) is 0 Å². The van der Waals surface area contributed by atoms with Crippen LogP contribution >= 0.6 is 23.2 Å².